The third-order valence-corrected chi connectivity index (χ3v) is 2.50. The van der Waals surface area contributed by atoms with Crippen LogP contribution < -0.4 is 21.2 Å². The van der Waals surface area contributed by atoms with Crippen molar-refractivity contribution in [2.75, 3.05) is 5.01 Å². The van der Waals surface area contributed by atoms with E-state index in [1.54, 1.807) is 44.2 Å². The van der Waals surface area contributed by atoms with E-state index in [1.807, 2.05) is 5.32 Å². The molecular weight excluding hydrogens is 365 g/mol. The number of alkyl halides is 3. The van der Waals surface area contributed by atoms with Crippen molar-refractivity contribution in [1.82, 2.24) is 16.2 Å². The Labute approximate surface area is 148 Å². The van der Waals surface area contributed by atoms with Gasteiger partial charge in [-0.3, -0.25) is 26.4 Å². The maximum Gasteiger partial charge on any atom is 0.543 e. The van der Waals surface area contributed by atoms with E-state index < -0.39 is 30.1 Å². The number of benzene rings is 1. The number of hydrazine groups is 1. The normalized spacial score (nSPS) is 10.5. The lowest BCUT2D eigenvalue weighted by atomic mass is 10.2. The van der Waals surface area contributed by atoms with E-state index in [0.717, 1.165) is 5.01 Å². The number of carbonyl (C=O) groups is 1. The summed E-state index contributed by atoms with van der Waals surface area (Å²) in [6.07, 6.45) is -4.98. The van der Waals surface area contributed by atoms with E-state index in [-0.39, 0.29) is 12.4 Å². The van der Waals surface area contributed by atoms with Gasteiger partial charge >= 0.3 is 6.36 Å². The molecule has 0 aliphatic heterocycles. The van der Waals surface area contributed by atoms with Gasteiger partial charge in [-0.15, -0.1) is 25.6 Å². The fourth-order valence-electron chi connectivity index (χ4n) is 1.37. The lowest BCUT2D eigenvalue weighted by Crippen LogP contribution is -2.55. The Hall–Kier alpha value is -2.53. The minimum absolute atomic E-state index is 0. The Morgan fingerprint density at radius 1 is 1.20 bits per heavy atom. The van der Waals surface area contributed by atoms with Crippen LogP contribution in [-0.4, -0.2) is 24.2 Å². The molecule has 12 heteroatoms. The molecule has 0 spiro atoms. The van der Waals surface area contributed by atoms with E-state index in [2.05, 4.69) is 10.3 Å². The van der Waals surface area contributed by atoms with E-state index >= 15 is 0 Å². The zero-order valence-electron chi connectivity index (χ0n) is 13.3. The van der Waals surface area contributed by atoms with Crippen LogP contribution in [0.3, 0.4) is 0 Å². The zero-order valence-corrected chi connectivity index (χ0v) is 14.1. The lowest BCUT2D eigenvalue weighted by Gasteiger charge is -2.27. The second-order valence-corrected chi connectivity index (χ2v) is 4.80. The van der Waals surface area contributed by atoms with E-state index in [0.29, 0.717) is 5.69 Å². The Bertz CT molecular complexity index is 597. The predicted octanol–water partition coefficient (Wildman–Crippen LogP) is 2.10. The molecule has 0 bridgehead atoms. The molecule has 0 fully saturated rings. The summed E-state index contributed by atoms with van der Waals surface area (Å²) in [5.41, 5.74) is 4.10. The molecule has 0 heterocycles. The van der Waals surface area contributed by atoms with Gasteiger partial charge in [-0.05, 0) is 12.1 Å². The van der Waals surface area contributed by atoms with E-state index in [1.165, 1.54) is 5.48 Å². The molecular formula is C13H18ClF3N6O2. The smallest absolute Gasteiger partial charge is 0.294 e. The number of nitrogens with one attached hydrogen (secondary N) is 5. The Kier molecular flexibility index (Phi) is 8.71. The van der Waals surface area contributed by atoms with Crippen molar-refractivity contribution in [3.8, 4) is 0 Å². The van der Waals surface area contributed by atoms with Crippen LogP contribution in [0.2, 0.25) is 0 Å². The Balaban J connectivity index is 0.00000576. The number of hydrogen-bond acceptors (Lipinski definition) is 4. The highest BCUT2D eigenvalue weighted by atomic mass is 35.5. The summed E-state index contributed by atoms with van der Waals surface area (Å²) in [7, 11) is 0. The SMILES string of the molecule is CC(C)C(=O)NN(C(=N)NC(=N)NOC(F)(F)F)c1ccccc1.Cl. The van der Waals surface area contributed by atoms with Crippen molar-refractivity contribution in [1.29, 1.82) is 10.8 Å². The van der Waals surface area contributed by atoms with Gasteiger partial charge in [0.25, 0.3) is 0 Å². The van der Waals surface area contributed by atoms with Crippen molar-refractivity contribution < 1.29 is 22.8 Å². The molecule has 0 saturated carbocycles. The summed E-state index contributed by atoms with van der Waals surface area (Å²) in [5.74, 6) is -2.30. The molecule has 1 amide bonds. The zero-order chi connectivity index (χ0) is 18.3. The van der Waals surface area contributed by atoms with Crippen LogP contribution in [0, 0.1) is 16.7 Å². The number of hydroxylamine groups is 1. The number of rotatable bonds is 3. The average Bonchev–Trinajstić information content (AvgIpc) is 2.50. The van der Waals surface area contributed by atoms with Crippen molar-refractivity contribution in [2.45, 2.75) is 20.2 Å². The van der Waals surface area contributed by atoms with Crippen LogP contribution in [0.4, 0.5) is 18.9 Å². The van der Waals surface area contributed by atoms with Gasteiger partial charge in [-0.25, -0.2) is 10.5 Å². The molecule has 0 unspecified atom stereocenters. The van der Waals surface area contributed by atoms with Crippen molar-refractivity contribution in [2.24, 2.45) is 5.92 Å². The van der Waals surface area contributed by atoms with Gasteiger partial charge in [-0.2, -0.15) is 4.84 Å². The number of anilines is 1. The first-order valence-corrected chi connectivity index (χ1v) is 6.70. The van der Waals surface area contributed by atoms with E-state index in [4.69, 9.17) is 10.8 Å². The van der Waals surface area contributed by atoms with Crippen molar-refractivity contribution in [3.63, 3.8) is 0 Å². The molecule has 0 aliphatic carbocycles. The monoisotopic (exact) mass is 382 g/mol. The van der Waals surface area contributed by atoms with Crippen LogP contribution >= 0.6 is 12.4 Å². The first kappa shape index (κ1) is 22.5. The number of amides is 1. The molecule has 0 aliphatic rings. The first-order chi connectivity index (χ1) is 11.1. The quantitative estimate of drug-likeness (QED) is 0.312. The van der Waals surface area contributed by atoms with Gasteiger partial charge in [0.15, 0.2) is 0 Å². The summed E-state index contributed by atoms with van der Waals surface area (Å²) in [4.78, 5) is 15.1. The molecule has 1 aromatic carbocycles. The molecule has 0 radical (unpaired) electrons. The predicted molar refractivity (Wildman–Crippen MR) is 88.0 cm³/mol. The molecule has 0 saturated heterocycles. The highest BCUT2D eigenvalue weighted by molar-refractivity contribution is 6.05. The largest absolute Gasteiger partial charge is 0.543 e. The van der Waals surface area contributed by atoms with Crippen LogP contribution in [0.15, 0.2) is 30.3 Å². The number of carbonyl (C=O) groups excluding carboxylic acids is 1. The summed E-state index contributed by atoms with van der Waals surface area (Å²) < 4.78 is 35.7. The first-order valence-electron chi connectivity index (χ1n) is 6.70. The Morgan fingerprint density at radius 3 is 2.24 bits per heavy atom. The number of guanidine groups is 2. The van der Waals surface area contributed by atoms with Gasteiger partial charge in [0.2, 0.25) is 17.8 Å². The van der Waals surface area contributed by atoms with Gasteiger partial charge in [0, 0.05) is 5.92 Å². The second-order valence-electron chi connectivity index (χ2n) is 4.80. The highest BCUT2D eigenvalue weighted by Crippen LogP contribution is 2.14. The van der Waals surface area contributed by atoms with Gasteiger partial charge in [0.1, 0.15) is 0 Å². The summed E-state index contributed by atoms with van der Waals surface area (Å²) in [6.45, 7) is 3.27. The maximum atomic E-state index is 11.9. The molecule has 0 aromatic heterocycles. The van der Waals surface area contributed by atoms with Crippen molar-refractivity contribution >= 4 is 35.9 Å². The summed E-state index contributed by atoms with van der Waals surface area (Å²) in [6, 6.07) is 8.14. The number of hydrogen-bond donors (Lipinski definition) is 5. The van der Waals surface area contributed by atoms with Crippen LogP contribution in [-0.2, 0) is 9.63 Å². The number of nitrogens with zero attached hydrogens (tertiary/aromatic N) is 1. The lowest BCUT2D eigenvalue weighted by molar-refractivity contribution is -0.341. The second kappa shape index (κ2) is 9.69. The van der Waals surface area contributed by atoms with Crippen LogP contribution in [0.1, 0.15) is 13.8 Å². The van der Waals surface area contributed by atoms with Crippen molar-refractivity contribution in [3.05, 3.63) is 30.3 Å². The van der Waals surface area contributed by atoms with Crippen LogP contribution in [0.5, 0.6) is 0 Å². The highest BCUT2D eigenvalue weighted by Gasteiger charge is 2.30. The van der Waals surface area contributed by atoms with Gasteiger partial charge in [-0.1, -0.05) is 32.0 Å². The van der Waals surface area contributed by atoms with E-state index in [9.17, 15) is 18.0 Å². The molecule has 25 heavy (non-hydrogen) atoms. The fraction of sp³-hybridized carbons (Fsp3) is 0.308. The molecule has 0 atom stereocenters. The standard InChI is InChI=1S/C13H17F3N6O2.ClH/c1-8(2)10(23)20-22(9-6-4-3-5-7-9)12(18)19-11(17)21-24-13(14,15)16;/h3-8H,1-2H3,(H,20,23)(H4,17,18,19,21);1H. The molecule has 140 valence electrons. The number of para-hydroxylation sites is 1. The molecule has 1 rings (SSSR count). The topological polar surface area (TPSA) is 113 Å². The maximum absolute atomic E-state index is 11.9. The van der Waals surface area contributed by atoms with Crippen LogP contribution in [0.25, 0.3) is 0 Å². The Morgan fingerprint density at radius 2 is 1.76 bits per heavy atom. The summed E-state index contributed by atoms with van der Waals surface area (Å²) in [5, 5.41) is 18.2. The van der Waals surface area contributed by atoms with Gasteiger partial charge < -0.3 is 0 Å². The minimum Gasteiger partial charge on any atom is -0.294 e. The minimum atomic E-state index is -4.98. The molecule has 5 N–H and O–H groups in total. The summed E-state index contributed by atoms with van der Waals surface area (Å²) >= 11 is 0. The molecule has 8 nitrogen and oxygen atoms in total. The van der Waals surface area contributed by atoms with Gasteiger partial charge in [0.05, 0.1) is 5.69 Å². The fourth-order valence-corrected chi connectivity index (χ4v) is 1.37. The third kappa shape index (κ3) is 8.22. The number of halogens is 4. The average molecular weight is 383 g/mol. The molecule has 1 aromatic rings. The third-order valence-electron chi connectivity index (χ3n) is 2.50.